The van der Waals surface area contributed by atoms with Crippen molar-refractivity contribution in [3.8, 4) is 28.5 Å². The van der Waals surface area contributed by atoms with Crippen molar-refractivity contribution in [3.63, 3.8) is 0 Å². The second-order valence-corrected chi connectivity index (χ2v) is 8.16. The van der Waals surface area contributed by atoms with Gasteiger partial charge >= 0.3 is 6.36 Å². The lowest BCUT2D eigenvalue weighted by Crippen LogP contribution is -2.26. The summed E-state index contributed by atoms with van der Waals surface area (Å²) in [6, 6.07) is 9.21. The molecular weight excluding hydrogens is 481 g/mol. The Labute approximate surface area is 201 Å². The second-order valence-electron chi connectivity index (χ2n) is 8.16. The average molecular weight is 500 g/mol. The minimum absolute atomic E-state index is 0.0395. The number of halogens is 3. The van der Waals surface area contributed by atoms with E-state index in [9.17, 15) is 28.2 Å². The van der Waals surface area contributed by atoms with Crippen LogP contribution in [0.2, 0.25) is 0 Å². The molecule has 0 saturated heterocycles. The number of aromatic amines is 1. The van der Waals surface area contributed by atoms with E-state index in [1.165, 1.54) is 39.9 Å². The quantitative estimate of drug-likeness (QED) is 0.326. The number of aromatic hydroxyl groups is 2. The van der Waals surface area contributed by atoms with Crippen molar-refractivity contribution in [3.05, 3.63) is 65.5 Å². The molecule has 3 heterocycles. The molecule has 1 aliphatic heterocycles. The Hall–Kier alpha value is -4.68. The van der Waals surface area contributed by atoms with Crippen molar-refractivity contribution in [2.75, 3.05) is 5.32 Å². The van der Waals surface area contributed by atoms with E-state index in [4.69, 9.17) is 0 Å². The van der Waals surface area contributed by atoms with Crippen LogP contribution in [0.1, 0.15) is 21.6 Å². The molecule has 13 heteroatoms. The van der Waals surface area contributed by atoms with E-state index < -0.39 is 18.0 Å². The molecule has 10 nitrogen and oxygen atoms in total. The van der Waals surface area contributed by atoms with Gasteiger partial charge in [0.15, 0.2) is 0 Å². The summed E-state index contributed by atoms with van der Waals surface area (Å²) in [6.07, 6.45) is -3.15. The van der Waals surface area contributed by atoms with Gasteiger partial charge in [-0.3, -0.25) is 14.6 Å². The number of rotatable bonds is 5. The first-order valence-corrected chi connectivity index (χ1v) is 10.6. The predicted molar refractivity (Wildman–Crippen MR) is 121 cm³/mol. The lowest BCUT2D eigenvalue weighted by atomic mass is 10.1. The number of phenols is 2. The Balaban J connectivity index is 1.41. The number of nitrogens with zero attached hydrogens (tertiary/aromatic N) is 4. The van der Waals surface area contributed by atoms with E-state index in [0.29, 0.717) is 23.6 Å². The van der Waals surface area contributed by atoms with Crippen LogP contribution in [0.3, 0.4) is 0 Å². The third-order valence-electron chi connectivity index (χ3n) is 5.65. The molecule has 2 aromatic carbocycles. The smallest absolute Gasteiger partial charge is 0.508 e. The highest BCUT2D eigenvalue weighted by atomic mass is 19.4. The number of amides is 1. The molecule has 0 fully saturated rings. The number of alkyl halides is 3. The summed E-state index contributed by atoms with van der Waals surface area (Å²) in [5.41, 5.74) is 2.74. The molecule has 36 heavy (non-hydrogen) atoms. The van der Waals surface area contributed by atoms with Crippen LogP contribution in [0.25, 0.3) is 11.3 Å². The summed E-state index contributed by atoms with van der Waals surface area (Å²) < 4.78 is 42.6. The van der Waals surface area contributed by atoms with Crippen LogP contribution in [-0.2, 0) is 20.1 Å². The number of fused-ring (bicyclic) bond motifs is 1. The molecule has 1 amide bonds. The minimum Gasteiger partial charge on any atom is -0.508 e. The number of aryl methyl sites for hydroxylation is 1. The van der Waals surface area contributed by atoms with E-state index in [1.54, 1.807) is 19.3 Å². The second kappa shape index (κ2) is 8.52. The van der Waals surface area contributed by atoms with E-state index >= 15 is 0 Å². The van der Waals surface area contributed by atoms with E-state index in [-0.39, 0.29) is 29.3 Å². The largest absolute Gasteiger partial charge is 0.573 e. The molecule has 4 aromatic rings. The van der Waals surface area contributed by atoms with Crippen molar-refractivity contribution in [2.24, 2.45) is 7.05 Å². The number of hydrogen-bond acceptors (Lipinski definition) is 7. The maximum absolute atomic E-state index is 13.3. The maximum Gasteiger partial charge on any atom is 0.573 e. The summed E-state index contributed by atoms with van der Waals surface area (Å²) in [7, 11) is 1.62. The van der Waals surface area contributed by atoms with Gasteiger partial charge in [-0.15, -0.1) is 13.2 Å². The first kappa shape index (κ1) is 23.1. The number of anilines is 2. The van der Waals surface area contributed by atoms with Crippen LogP contribution in [0.4, 0.5) is 24.7 Å². The fourth-order valence-electron chi connectivity index (χ4n) is 3.99. The molecular formula is C23H19F3N6O4. The van der Waals surface area contributed by atoms with Gasteiger partial charge in [0, 0.05) is 42.9 Å². The summed E-state index contributed by atoms with van der Waals surface area (Å²) in [5.74, 6) is -1.08. The first-order chi connectivity index (χ1) is 17.1. The molecule has 0 radical (unpaired) electrons. The standard InChI is InChI=1S/C23H19F3N6O4/c1-31-20(8-16(30-31)12-2-4-15(5-3-12)36-23(24,25)26)28-17-6-14(33)7-19(34)21(17)22(35)32-10-13-9-27-29-18(13)11-32/h2-9,28,33-34H,10-11H2,1H3,(H,27,29). The molecule has 4 N–H and O–H groups in total. The molecule has 0 bridgehead atoms. The van der Waals surface area contributed by atoms with Gasteiger partial charge in [0.2, 0.25) is 0 Å². The molecule has 1 aliphatic rings. The van der Waals surface area contributed by atoms with Gasteiger partial charge in [-0.1, -0.05) is 0 Å². The monoisotopic (exact) mass is 500 g/mol. The third kappa shape index (κ3) is 4.50. The van der Waals surface area contributed by atoms with Gasteiger partial charge in [0.1, 0.15) is 28.6 Å². The molecule has 0 saturated carbocycles. The van der Waals surface area contributed by atoms with Crippen LogP contribution < -0.4 is 10.1 Å². The molecule has 5 rings (SSSR count). The molecule has 0 aliphatic carbocycles. The van der Waals surface area contributed by atoms with Gasteiger partial charge in [-0.2, -0.15) is 10.2 Å². The third-order valence-corrected chi connectivity index (χ3v) is 5.65. The number of ether oxygens (including phenoxy) is 1. The Morgan fingerprint density at radius 3 is 2.58 bits per heavy atom. The van der Waals surface area contributed by atoms with Crippen molar-refractivity contribution < 1.29 is 32.9 Å². The SMILES string of the molecule is Cn1nc(-c2ccc(OC(F)(F)F)cc2)cc1Nc1cc(O)cc(O)c1C(=O)N1Cc2cn[nH]c2C1. The highest BCUT2D eigenvalue weighted by molar-refractivity contribution is 6.03. The number of H-pyrrole nitrogens is 1. The zero-order chi connectivity index (χ0) is 25.6. The predicted octanol–water partition coefficient (Wildman–Crippen LogP) is 4.02. The lowest BCUT2D eigenvalue weighted by Gasteiger charge is -2.19. The molecule has 0 atom stereocenters. The van der Waals surface area contributed by atoms with Crippen molar-refractivity contribution in [1.82, 2.24) is 24.9 Å². The van der Waals surface area contributed by atoms with Crippen LogP contribution in [0, 0.1) is 0 Å². The normalized spacial score (nSPS) is 13.1. The van der Waals surface area contributed by atoms with Crippen LogP contribution in [-0.4, -0.2) is 47.4 Å². The molecule has 2 aromatic heterocycles. The van der Waals surface area contributed by atoms with Gasteiger partial charge in [-0.05, 0) is 24.3 Å². The van der Waals surface area contributed by atoms with Crippen molar-refractivity contribution >= 4 is 17.4 Å². The fraction of sp³-hybridized carbons (Fsp3) is 0.174. The number of phenolic OH excluding ortho intramolecular Hbond substituents is 2. The zero-order valence-corrected chi connectivity index (χ0v) is 18.7. The summed E-state index contributed by atoms with van der Waals surface area (Å²) in [4.78, 5) is 14.8. The van der Waals surface area contributed by atoms with Crippen LogP contribution in [0.15, 0.2) is 48.7 Å². The van der Waals surface area contributed by atoms with Crippen LogP contribution in [0.5, 0.6) is 17.2 Å². The highest BCUT2D eigenvalue weighted by Crippen LogP contribution is 2.36. The number of carbonyl (C=O) groups is 1. The highest BCUT2D eigenvalue weighted by Gasteiger charge is 2.31. The maximum atomic E-state index is 13.3. The summed E-state index contributed by atoms with van der Waals surface area (Å²) in [5, 5.41) is 34.7. The summed E-state index contributed by atoms with van der Waals surface area (Å²) >= 11 is 0. The first-order valence-electron chi connectivity index (χ1n) is 10.6. The average Bonchev–Trinajstić information content (AvgIpc) is 3.48. The van der Waals surface area contributed by atoms with E-state index in [1.807, 2.05) is 0 Å². The number of aromatic nitrogens is 4. The number of carbonyl (C=O) groups excluding carboxylic acids is 1. The van der Waals surface area contributed by atoms with Gasteiger partial charge in [0.05, 0.1) is 29.8 Å². The minimum atomic E-state index is -4.79. The Kier molecular flexibility index (Phi) is 5.46. The zero-order valence-electron chi connectivity index (χ0n) is 18.7. The Bertz CT molecular complexity index is 1420. The van der Waals surface area contributed by atoms with Gasteiger partial charge < -0.3 is 25.2 Å². The number of benzene rings is 2. The molecule has 0 spiro atoms. The number of hydrogen-bond donors (Lipinski definition) is 4. The summed E-state index contributed by atoms with van der Waals surface area (Å²) in [6.45, 7) is 0.603. The van der Waals surface area contributed by atoms with Crippen molar-refractivity contribution in [2.45, 2.75) is 19.5 Å². The lowest BCUT2D eigenvalue weighted by molar-refractivity contribution is -0.274. The number of nitrogens with one attached hydrogen (secondary N) is 2. The van der Waals surface area contributed by atoms with Crippen molar-refractivity contribution in [1.29, 1.82) is 0 Å². The molecule has 186 valence electrons. The van der Waals surface area contributed by atoms with E-state index in [2.05, 4.69) is 25.3 Å². The van der Waals surface area contributed by atoms with Crippen LogP contribution >= 0.6 is 0 Å². The molecule has 0 unspecified atom stereocenters. The Morgan fingerprint density at radius 2 is 1.89 bits per heavy atom. The van der Waals surface area contributed by atoms with Gasteiger partial charge in [-0.25, -0.2) is 0 Å². The topological polar surface area (TPSA) is 129 Å². The van der Waals surface area contributed by atoms with E-state index in [0.717, 1.165) is 17.3 Å². The van der Waals surface area contributed by atoms with Gasteiger partial charge in [0.25, 0.3) is 5.91 Å². The fourth-order valence-corrected chi connectivity index (χ4v) is 3.99. The Morgan fingerprint density at radius 1 is 1.14 bits per heavy atom.